The van der Waals surface area contributed by atoms with Crippen LogP contribution in [0.2, 0.25) is 0 Å². The van der Waals surface area contributed by atoms with Gasteiger partial charge in [-0.2, -0.15) is 0 Å². The van der Waals surface area contributed by atoms with Crippen molar-refractivity contribution in [3.63, 3.8) is 0 Å². The molecule has 0 aliphatic heterocycles. The second-order valence-corrected chi connectivity index (χ2v) is 7.05. The van der Waals surface area contributed by atoms with E-state index in [2.05, 4.69) is 18.2 Å². The molecule has 0 amide bonds. The van der Waals surface area contributed by atoms with Crippen LogP contribution in [0.5, 0.6) is 0 Å². The summed E-state index contributed by atoms with van der Waals surface area (Å²) in [5, 5.41) is 20.3. The molecule has 5 aromatic rings. The third-order valence-electron chi connectivity index (χ3n) is 4.11. The van der Waals surface area contributed by atoms with Gasteiger partial charge in [0, 0.05) is 35.8 Å². The molecule has 0 saturated heterocycles. The minimum absolute atomic E-state index is 0. The molecule has 6 nitrogen and oxygen atoms in total. The van der Waals surface area contributed by atoms with E-state index in [-0.39, 0.29) is 35.6 Å². The Balaban J connectivity index is 0.000000469. The van der Waals surface area contributed by atoms with Gasteiger partial charge in [0.25, 0.3) is 0 Å². The maximum atomic E-state index is 10.2. The Morgan fingerprint density at radius 1 is 0.462 bits per heavy atom. The minimum atomic E-state index is -1.18. The van der Waals surface area contributed by atoms with E-state index in [4.69, 9.17) is 11.5 Å². The third-order valence-corrected chi connectivity index (χ3v) is 4.11. The molecule has 0 aromatic heterocycles. The summed E-state index contributed by atoms with van der Waals surface area (Å²) in [4.78, 5) is 20.3. The van der Waals surface area contributed by atoms with E-state index in [9.17, 15) is 19.8 Å². The van der Waals surface area contributed by atoms with Crippen LogP contribution in [0, 0.1) is 18.2 Å². The Morgan fingerprint density at radius 2 is 0.692 bits per heavy atom. The van der Waals surface area contributed by atoms with E-state index in [0.29, 0.717) is 11.4 Å². The van der Waals surface area contributed by atoms with Gasteiger partial charge in [0.1, 0.15) is 0 Å². The Bertz CT molecular complexity index is 1040. The van der Waals surface area contributed by atoms with E-state index >= 15 is 0 Å². The van der Waals surface area contributed by atoms with Gasteiger partial charge in [-0.05, 0) is 53.6 Å². The number of carbonyl (C=O) groups excluding carboxylic acids is 2. The van der Waals surface area contributed by atoms with Crippen LogP contribution in [-0.2, 0) is 0 Å². The molecule has 5 aromatic carbocycles. The molecule has 0 aliphatic carbocycles. The van der Waals surface area contributed by atoms with Gasteiger partial charge in [0.15, 0.2) is 0 Å². The molecule has 0 bridgehead atoms. The molecule has 39 heavy (non-hydrogen) atoms. The van der Waals surface area contributed by atoms with Crippen molar-refractivity contribution in [2.45, 2.75) is 0 Å². The molecule has 4 N–H and O–H groups in total. The van der Waals surface area contributed by atoms with E-state index in [0.717, 1.165) is 0 Å². The van der Waals surface area contributed by atoms with Crippen molar-refractivity contribution in [1.82, 2.24) is 0 Å². The van der Waals surface area contributed by atoms with Crippen molar-refractivity contribution in [3.8, 4) is 0 Å². The van der Waals surface area contributed by atoms with Crippen LogP contribution in [0.25, 0.3) is 0 Å². The maximum absolute atomic E-state index is 10.2. The maximum Gasteiger partial charge on any atom is 0.0715 e. The standard InChI is InChI=1S/2C7H7NO2.3C6H5.Sb/c2*8-6-3-1-5(2-4-6)7(9)10;3*1-2-4-6-5-3-1;/h2*1-4H,8H2,(H,9,10);3*1-5H;/p-2. The summed E-state index contributed by atoms with van der Waals surface area (Å²) in [6, 6.07) is 49.2. The number of hydrogen-bond donors (Lipinski definition) is 2. The number of benzene rings is 5. The molecule has 0 saturated carbocycles. The number of rotatable bonds is 2. The SMILES string of the molecule is Nc1ccc(C(=O)[O-])cc1.Nc1ccc(C(=O)[O-])cc1.[Sb].[c]1ccccc1.[c]1ccccc1.[c]1ccccc1. The quantitative estimate of drug-likeness (QED) is 0.229. The number of carboxylic acid groups (broad SMARTS) is 2. The summed E-state index contributed by atoms with van der Waals surface area (Å²) in [7, 11) is 0. The molecule has 0 spiro atoms. The second-order valence-electron chi connectivity index (χ2n) is 7.05. The summed E-state index contributed by atoms with van der Waals surface area (Å²) >= 11 is 0. The predicted molar refractivity (Wildman–Crippen MR) is 152 cm³/mol. The number of nitrogen functional groups attached to an aromatic ring is 2. The first-order chi connectivity index (χ1) is 18.4. The molecule has 0 fully saturated rings. The normalized spacial score (nSPS) is 8.41. The Kier molecular flexibility index (Phi) is 20.0. The fourth-order valence-electron chi connectivity index (χ4n) is 2.26. The van der Waals surface area contributed by atoms with Crippen molar-refractivity contribution in [3.05, 3.63) is 169 Å². The zero-order chi connectivity index (χ0) is 27.8. The fourth-order valence-corrected chi connectivity index (χ4v) is 2.26. The molecule has 7 heteroatoms. The van der Waals surface area contributed by atoms with Crippen LogP contribution in [0.15, 0.2) is 140 Å². The second kappa shape index (κ2) is 22.6. The number of aromatic carboxylic acids is 2. The van der Waals surface area contributed by atoms with E-state index < -0.39 is 11.9 Å². The van der Waals surface area contributed by atoms with Crippen LogP contribution in [0.3, 0.4) is 0 Å². The van der Waals surface area contributed by atoms with Gasteiger partial charge in [0.05, 0.1) is 11.9 Å². The van der Waals surface area contributed by atoms with E-state index in [1.807, 2.05) is 91.0 Å². The van der Waals surface area contributed by atoms with E-state index in [1.165, 1.54) is 48.5 Å². The summed E-state index contributed by atoms with van der Waals surface area (Å²) in [6.07, 6.45) is 0. The fraction of sp³-hybridized carbons (Fsp3) is 0. The zero-order valence-corrected chi connectivity index (χ0v) is 23.6. The van der Waals surface area contributed by atoms with Gasteiger partial charge in [-0.15, -0.1) is 0 Å². The van der Waals surface area contributed by atoms with Gasteiger partial charge in [-0.25, -0.2) is 0 Å². The topological polar surface area (TPSA) is 132 Å². The number of hydrogen-bond acceptors (Lipinski definition) is 6. The Labute approximate surface area is 247 Å². The average Bonchev–Trinajstić information content (AvgIpc) is 2.98. The average molecular weight is 625 g/mol. The molecule has 196 valence electrons. The van der Waals surface area contributed by atoms with Gasteiger partial charge < -0.3 is 31.3 Å². The number of anilines is 2. The van der Waals surface area contributed by atoms with Crippen molar-refractivity contribution >= 4 is 47.7 Å². The molecule has 0 aliphatic rings. The van der Waals surface area contributed by atoms with Crippen molar-refractivity contribution in [2.24, 2.45) is 0 Å². The molecule has 6 radical (unpaired) electrons. The monoisotopic (exact) mass is 624 g/mol. The summed E-state index contributed by atoms with van der Waals surface area (Å²) in [6.45, 7) is 0. The largest absolute Gasteiger partial charge is 0.545 e. The van der Waals surface area contributed by atoms with Gasteiger partial charge in [0.2, 0.25) is 0 Å². The van der Waals surface area contributed by atoms with Gasteiger partial charge in [-0.1, -0.05) is 115 Å². The van der Waals surface area contributed by atoms with Crippen molar-refractivity contribution in [2.75, 3.05) is 11.5 Å². The van der Waals surface area contributed by atoms with Crippen LogP contribution < -0.4 is 21.7 Å². The zero-order valence-electron chi connectivity index (χ0n) is 21.0. The van der Waals surface area contributed by atoms with Crippen molar-refractivity contribution < 1.29 is 19.8 Å². The molecular weight excluding hydrogens is 598 g/mol. The van der Waals surface area contributed by atoms with Crippen molar-refractivity contribution in [1.29, 1.82) is 0 Å². The predicted octanol–water partition coefficient (Wildman–Crippen LogP) is 3.34. The summed E-state index contributed by atoms with van der Waals surface area (Å²) < 4.78 is 0. The van der Waals surface area contributed by atoms with Gasteiger partial charge >= 0.3 is 0 Å². The van der Waals surface area contributed by atoms with Crippen LogP contribution in [0.4, 0.5) is 11.4 Å². The van der Waals surface area contributed by atoms with E-state index in [1.54, 1.807) is 0 Å². The summed E-state index contributed by atoms with van der Waals surface area (Å²) in [5.74, 6) is -2.36. The smallest absolute Gasteiger partial charge is 0.0715 e. The molecule has 0 atom stereocenters. The first kappa shape index (κ1) is 34.5. The number of nitrogens with two attached hydrogens (primary N) is 2. The first-order valence-corrected chi connectivity index (χ1v) is 11.3. The molecule has 5 rings (SSSR count). The van der Waals surface area contributed by atoms with Crippen LogP contribution >= 0.6 is 0 Å². The Morgan fingerprint density at radius 3 is 0.821 bits per heavy atom. The van der Waals surface area contributed by atoms with Crippen LogP contribution in [-0.4, -0.2) is 36.4 Å². The van der Waals surface area contributed by atoms with Crippen LogP contribution in [0.1, 0.15) is 20.7 Å². The minimum Gasteiger partial charge on any atom is -0.545 e. The number of carbonyl (C=O) groups is 2. The molecule has 0 unspecified atom stereocenters. The third kappa shape index (κ3) is 19.3. The first-order valence-electron chi connectivity index (χ1n) is 11.3. The Hall–Kier alpha value is -4.54. The van der Waals surface area contributed by atoms with Gasteiger partial charge in [-0.3, -0.25) is 0 Å². The summed E-state index contributed by atoms with van der Waals surface area (Å²) in [5.41, 5.74) is 12.0. The molecular formula is C32H27N2O4Sb-2. The molecule has 0 heterocycles. The number of carboxylic acids is 2.